The standard InChI is InChI=1S/C12H18N4O/c1-8-6-10(16-12(13-2)15-8)11(17)14-7-9-4-3-5-9/h6,9H,3-5,7H2,1-2H3,(H,14,17)(H,13,15,16). The van der Waals surface area contributed by atoms with Crippen LogP contribution in [-0.2, 0) is 0 Å². The number of anilines is 1. The summed E-state index contributed by atoms with van der Waals surface area (Å²) in [5.74, 6) is 1.03. The summed E-state index contributed by atoms with van der Waals surface area (Å²) in [5, 5.41) is 5.77. The van der Waals surface area contributed by atoms with Crippen LogP contribution < -0.4 is 10.6 Å². The molecular formula is C12H18N4O. The summed E-state index contributed by atoms with van der Waals surface area (Å²) in [6.45, 7) is 2.61. The van der Waals surface area contributed by atoms with E-state index >= 15 is 0 Å². The van der Waals surface area contributed by atoms with Crippen LogP contribution in [0.5, 0.6) is 0 Å². The van der Waals surface area contributed by atoms with E-state index in [1.165, 1.54) is 19.3 Å². The number of nitrogens with zero attached hydrogens (tertiary/aromatic N) is 2. The van der Waals surface area contributed by atoms with Crippen molar-refractivity contribution in [2.24, 2.45) is 5.92 Å². The highest BCUT2D eigenvalue weighted by Crippen LogP contribution is 2.25. The third-order valence-corrected chi connectivity index (χ3v) is 3.09. The van der Waals surface area contributed by atoms with Gasteiger partial charge in [-0.05, 0) is 31.7 Å². The van der Waals surface area contributed by atoms with Crippen molar-refractivity contribution in [3.05, 3.63) is 17.5 Å². The molecule has 0 aromatic carbocycles. The lowest BCUT2D eigenvalue weighted by atomic mass is 9.85. The average Bonchev–Trinajstić information content (AvgIpc) is 2.25. The Hall–Kier alpha value is -1.65. The summed E-state index contributed by atoms with van der Waals surface area (Å²) in [6.07, 6.45) is 3.74. The lowest BCUT2D eigenvalue weighted by Crippen LogP contribution is -2.32. The lowest BCUT2D eigenvalue weighted by molar-refractivity contribution is 0.0934. The molecule has 1 aliphatic rings. The minimum atomic E-state index is -0.112. The monoisotopic (exact) mass is 234 g/mol. The van der Waals surface area contributed by atoms with Crippen LogP contribution in [0.4, 0.5) is 5.95 Å². The van der Waals surface area contributed by atoms with Gasteiger partial charge in [-0.1, -0.05) is 6.42 Å². The molecule has 0 bridgehead atoms. The SMILES string of the molecule is CNc1nc(C)cc(C(=O)NCC2CCC2)n1. The van der Waals surface area contributed by atoms with E-state index in [9.17, 15) is 4.79 Å². The molecule has 1 aromatic rings. The van der Waals surface area contributed by atoms with Gasteiger partial charge in [0.05, 0.1) is 0 Å². The number of amides is 1. The number of nitrogens with one attached hydrogen (secondary N) is 2. The zero-order valence-corrected chi connectivity index (χ0v) is 10.3. The first kappa shape index (κ1) is 11.8. The Balaban J connectivity index is 1.99. The van der Waals surface area contributed by atoms with Crippen molar-refractivity contribution in [2.75, 3.05) is 18.9 Å². The predicted octanol–water partition coefficient (Wildman–Crippen LogP) is 1.36. The molecule has 1 amide bonds. The molecule has 1 aromatic heterocycles. The van der Waals surface area contributed by atoms with Gasteiger partial charge >= 0.3 is 0 Å². The Kier molecular flexibility index (Phi) is 3.56. The number of aryl methyl sites for hydroxylation is 1. The maximum absolute atomic E-state index is 11.9. The molecular weight excluding hydrogens is 216 g/mol. The Morgan fingerprint density at radius 1 is 1.47 bits per heavy atom. The maximum atomic E-state index is 11.9. The fourth-order valence-corrected chi connectivity index (χ4v) is 1.82. The topological polar surface area (TPSA) is 66.9 Å². The van der Waals surface area contributed by atoms with E-state index in [1.807, 2.05) is 6.92 Å². The van der Waals surface area contributed by atoms with E-state index in [-0.39, 0.29) is 5.91 Å². The fourth-order valence-electron chi connectivity index (χ4n) is 1.82. The molecule has 0 spiro atoms. The van der Waals surface area contributed by atoms with E-state index in [4.69, 9.17) is 0 Å². The Labute approximate surface area is 101 Å². The summed E-state index contributed by atoms with van der Waals surface area (Å²) in [7, 11) is 1.74. The van der Waals surface area contributed by atoms with Crippen molar-refractivity contribution in [3.8, 4) is 0 Å². The summed E-state index contributed by atoms with van der Waals surface area (Å²) < 4.78 is 0. The quantitative estimate of drug-likeness (QED) is 0.825. The highest BCUT2D eigenvalue weighted by molar-refractivity contribution is 5.92. The molecule has 5 nitrogen and oxygen atoms in total. The van der Waals surface area contributed by atoms with Crippen molar-refractivity contribution in [1.29, 1.82) is 0 Å². The number of carbonyl (C=O) groups is 1. The summed E-state index contributed by atoms with van der Waals surface area (Å²) in [5.41, 5.74) is 1.22. The Morgan fingerprint density at radius 2 is 2.24 bits per heavy atom. The third kappa shape index (κ3) is 2.93. The second-order valence-electron chi connectivity index (χ2n) is 4.48. The van der Waals surface area contributed by atoms with Gasteiger partial charge in [-0.2, -0.15) is 0 Å². The first-order valence-corrected chi connectivity index (χ1v) is 6.00. The molecule has 17 heavy (non-hydrogen) atoms. The number of carbonyl (C=O) groups excluding carboxylic acids is 1. The normalized spacial score (nSPS) is 15.2. The molecule has 0 atom stereocenters. The van der Waals surface area contributed by atoms with Crippen molar-refractivity contribution >= 4 is 11.9 Å². The minimum Gasteiger partial charge on any atom is -0.357 e. The van der Waals surface area contributed by atoms with Gasteiger partial charge in [0.15, 0.2) is 0 Å². The maximum Gasteiger partial charge on any atom is 0.270 e. The van der Waals surface area contributed by atoms with Crippen LogP contribution in [0.2, 0.25) is 0 Å². The molecule has 0 saturated heterocycles. The van der Waals surface area contributed by atoms with Crippen molar-refractivity contribution < 1.29 is 4.79 Å². The predicted molar refractivity (Wildman–Crippen MR) is 66.0 cm³/mol. The number of hydrogen-bond donors (Lipinski definition) is 2. The molecule has 1 aliphatic carbocycles. The summed E-state index contributed by atoms with van der Waals surface area (Å²) >= 11 is 0. The van der Waals surface area contributed by atoms with Crippen molar-refractivity contribution in [2.45, 2.75) is 26.2 Å². The van der Waals surface area contributed by atoms with E-state index in [2.05, 4.69) is 20.6 Å². The van der Waals surface area contributed by atoms with Gasteiger partial charge in [-0.25, -0.2) is 9.97 Å². The molecule has 92 valence electrons. The molecule has 5 heteroatoms. The highest BCUT2D eigenvalue weighted by atomic mass is 16.1. The lowest BCUT2D eigenvalue weighted by Gasteiger charge is -2.25. The molecule has 0 radical (unpaired) electrons. The van der Waals surface area contributed by atoms with Crippen LogP contribution in [0.25, 0.3) is 0 Å². The smallest absolute Gasteiger partial charge is 0.270 e. The number of rotatable bonds is 4. The van der Waals surface area contributed by atoms with Crippen LogP contribution in [0.1, 0.15) is 35.4 Å². The van der Waals surface area contributed by atoms with Crippen LogP contribution in [-0.4, -0.2) is 29.5 Å². The first-order chi connectivity index (χ1) is 8.19. The van der Waals surface area contributed by atoms with Crippen LogP contribution in [0.3, 0.4) is 0 Å². The van der Waals surface area contributed by atoms with Crippen LogP contribution in [0, 0.1) is 12.8 Å². The zero-order valence-electron chi connectivity index (χ0n) is 10.3. The minimum absolute atomic E-state index is 0.112. The Bertz CT molecular complexity index is 415. The van der Waals surface area contributed by atoms with Crippen molar-refractivity contribution in [1.82, 2.24) is 15.3 Å². The molecule has 1 saturated carbocycles. The van der Waals surface area contributed by atoms with E-state index in [0.29, 0.717) is 17.6 Å². The molecule has 2 N–H and O–H groups in total. The van der Waals surface area contributed by atoms with Gasteiger partial charge < -0.3 is 10.6 Å². The van der Waals surface area contributed by atoms with Gasteiger partial charge in [-0.15, -0.1) is 0 Å². The zero-order chi connectivity index (χ0) is 12.3. The second kappa shape index (κ2) is 5.12. The molecule has 1 heterocycles. The van der Waals surface area contributed by atoms with E-state index < -0.39 is 0 Å². The average molecular weight is 234 g/mol. The van der Waals surface area contributed by atoms with Crippen molar-refractivity contribution in [3.63, 3.8) is 0 Å². The van der Waals surface area contributed by atoms with E-state index in [0.717, 1.165) is 12.2 Å². The van der Waals surface area contributed by atoms with Gasteiger partial charge in [0.1, 0.15) is 5.69 Å². The molecule has 0 aliphatic heterocycles. The van der Waals surface area contributed by atoms with Crippen LogP contribution in [0.15, 0.2) is 6.07 Å². The van der Waals surface area contributed by atoms with Gasteiger partial charge in [-0.3, -0.25) is 4.79 Å². The number of hydrogen-bond acceptors (Lipinski definition) is 4. The van der Waals surface area contributed by atoms with Gasteiger partial charge in [0.2, 0.25) is 5.95 Å². The largest absolute Gasteiger partial charge is 0.357 e. The second-order valence-corrected chi connectivity index (χ2v) is 4.48. The van der Waals surface area contributed by atoms with Crippen LogP contribution >= 0.6 is 0 Å². The Morgan fingerprint density at radius 3 is 2.82 bits per heavy atom. The highest BCUT2D eigenvalue weighted by Gasteiger charge is 2.18. The molecule has 2 rings (SSSR count). The van der Waals surface area contributed by atoms with Gasteiger partial charge in [0.25, 0.3) is 5.91 Å². The van der Waals surface area contributed by atoms with E-state index in [1.54, 1.807) is 13.1 Å². The molecule has 1 fully saturated rings. The van der Waals surface area contributed by atoms with Gasteiger partial charge in [0, 0.05) is 19.3 Å². The summed E-state index contributed by atoms with van der Waals surface area (Å²) in [6, 6.07) is 1.71. The molecule has 0 unspecified atom stereocenters. The first-order valence-electron chi connectivity index (χ1n) is 6.00. The number of aromatic nitrogens is 2. The summed E-state index contributed by atoms with van der Waals surface area (Å²) in [4.78, 5) is 20.2. The third-order valence-electron chi connectivity index (χ3n) is 3.09. The fraction of sp³-hybridized carbons (Fsp3) is 0.583.